The Kier molecular flexibility index (Phi) is 7.44. The summed E-state index contributed by atoms with van der Waals surface area (Å²) in [6.07, 6.45) is 2.42. The van der Waals surface area contributed by atoms with E-state index in [0.717, 1.165) is 36.3 Å². The maximum Gasteiger partial charge on any atom is 0.175 e. The maximum absolute atomic E-state index is 11.3. The van der Waals surface area contributed by atoms with Crippen molar-refractivity contribution < 1.29 is 16.8 Å². The molecule has 0 spiro atoms. The largest absolute Gasteiger partial charge is 0.369 e. The van der Waals surface area contributed by atoms with Gasteiger partial charge >= 0.3 is 0 Å². The first-order valence-corrected chi connectivity index (χ1v) is 12.9. The molecule has 6 nitrogen and oxygen atoms in total. The summed E-state index contributed by atoms with van der Waals surface area (Å²) in [6.45, 7) is 3.90. The molecule has 0 amide bonds. The van der Waals surface area contributed by atoms with Crippen molar-refractivity contribution in [3.63, 3.8) is 0 Å². The van der Waals surface area contributed by atoms with Crippen LogP contribution >= 0.6 is 15.9 Å². The highest BCUT2D eigenvalue weighted by molar-refractivity contribution is 9.10. The summed E-state index contributed by atoms with van der Waals surface area (Å²) in [5.41, 5.74) is 1.09. The fourth-order valence-corrected chi connectivity index (χ4v) is 4.03. The maximum atomic E-state index is 11.3. The zero-order chi connectivity index (χ0) is 20.1. The smallest absolute Gasteiger partial charge is 0.175 e. The van der Waals surface area contributed by atoms with Gasteiger partial charge in [0.05, 0.1) is 9.79 Å². The number of sulfone groups is 2. The first-order chi connectivity index (χ1) is 12.6. The number of piperazine rings is 1. The van der Waals surface area contributed by atoms with Crippen LogP contribution in [0.2, 0.25) is 0 Å². The van der Waals surface area contributed by atoms with E-state index >= 15 is 0 Å². The third kappa shape index (κ3) is 6.91. The Morgan fingerprint density at radius 1 is 0.778 bits per heavy atom. The molecular formula is C18H23BrN2O4S2. The fourth-order valence-electron chi connectivity index (χ4n) is 2.51. The van der Waals surface area contributed by atoms with E-state index in [4.69, 9.17) is 0 Å². The zero-order valence-corrected chi connectivity index (χ0v) is 18.4. The normalized spacial score (nSPS) is 15.0. The van der Waals surface area contributed by atoms with E-state index in [9.17, 15) is 16.8 Å². The van der Waals surface area contributed by atoms with Gasteiger partial charge in [0.2, 0.25) is 0 Å². The molecule has 0 unspecified atom stereocenters. The molecule has 2 aromatic rings. The Bertz CT molecular complexity index is 951. The lowest BCUT2D eigenvalue weighted by molar-refractivity contribution is 0.589. The van der Waals surface area contributed by atoms with Crippen molar-refractivity contribution in [1.82, 2.24) is 5.32 Å². The number of nitrogens with one attached hydrogen (secondary N) is 1. The number of hydrogen-bond donors (Lipinski definition) is 1. The number of benzene rings is 2. The van der Waals surface area contributed by atoms with E-state index in [-0.39, 0.29) is 0 Å². The minimum absolute atomic E-state index is 0.348. The highest BCUT2D eigenvalue weighted by atomic mass is 79.9. The molecule has 0 atom stereocenters. The molecule has 1 aliphatic rings. The second-order valence-electron chi connectivity index (χ2n) is 6.23. The monoisotopic (exact) mass is 474 g/mol. The summed E-state index contributed by atoms with van der Waals surface area (Å²) >= 11 is 3.22. The lowest BCUT2D eigenvalue weighted by atomic mass is 10.2. The van der Waals surface area contributed by atoms with Crippen molar-refractivity contribution in [1.29, 1.82) is 0 Å². The van der Waals surface area contributed by atoms with Crippen LogP contribution in [0.25, 0.3) is 0 Å². The van der Waals surface area contributed by atoms with Gasteiger partial charge in [-0.3, -0.25) is 0 Å². The quantitative estimate of drug-likeness (QED) is 0.734. The van der Waals surface area contributed by atoms with Gasteiger partial charge in [-0.2, -0.15) is 0 Å². The number of hydrogen-bond acceptors (Lipinski definition) is 6. The summed E-state index contributed by atoms with van der Waals surface area (Å²) in [6, 6.07) is 13.6. The number of anilines is 1. The van der Waals surface area contributed by atoms with E-state index in [1.54, 1.807) is 36.4 Å². The molecule has 0 radical (unpaired) electrons. The van der Waals surface area contributed by atoms with Crippen molar-refractivity contribution >= 4 is 41.3 Å². The summed E-state index contributed by atoms with van der Waals surface area (Å²) in [7, 11) is -6.12. The van der Waals surface area contributed by atoms with E-state index in [1.165, 1.54) is 12.5 Å². The number of nitrogens with zero attached hydrogens (tertiary/aromatic N) is 1. The second kappa shape index (κ2) is 9.18. The van der Waals surface area contributed by atoms with E-state index in [0.29, 0.717) is 9.79 Å². The molecule has 0 aliphatic carbocycles. The van der Waals surface area contributed by atoms with Gasteiger partial charge in [0.15, 0.2) is 19.7 Å². The standard InChI is InChI=1S/C11H16N2O2S.C7H7BrO2S/c1-16(14,15)11-4-2-10(3-5-11)13-8-6-12-7-9-13;1-11(9,10)7-4-2-6(8)3-5-7/h2-5,12H,6-9H2,1H3;2-5H,1H3. The summed E-state index contributed by atoms with van der Waals surface area (Å²) in [4.78, 5) is 2.98. The number of rotatable bonds is 3. The van der Waals surface area contributed by atoms with Gasteiger partial charge in [0.1, 0.15) is 0 Å². The second-order valence-corrected chi connectivity index (χ2v) is 11.2. The third-order valence-corrected chi connectivity index (χ3v) is 6.77. The number of halogens is 1. The lowest BCUT2D eigenvalue weighted by Gasteiger charge is -2.29. The molecule has 1 fully saturated rings. The van der Waals surface area contributed by atoms with Crippen molar-refractivity contribution in [3.8, 4) is 0 Å². The van der Waals surface area contributed by atoms with Crippen molar-refractivity contribution in [2.45, 2.75) is 9.79 Å². The summed E-state index contributed by atoms with van der Waals surface area (Å²) in [5, 5.41) is 3.28. The molecular weight excluding hydrogens is 452 g/mol. The van der Waals surface area contributed by atoms with E-state index < -0.39 is 19.7 Å². The molecule has 9 heteroatoms. The molecule has 1 heterocycles. The van der Waals surface area contributed by atoms with E-state index in [1.807, 2.05) is 12.1 Å². The Hall–Kier alpha value is -1.42. The first-order valence-electron chi connectivity index (χ1n) is 8.29. The molecule has 1 N–H and O–H groups in total. The van der Waals surface area contributed by atoms with Gasteiger partial charge in [-0.25, -0.2) is 16.8 Å². The molecule has 0 saturated carbocycles. The summed E-state index contributed by atoms with van der Waals surface area (Å²) < 4.78 is 45.3. The predicted octanol–water partition coefficient (Wildman–Crippen LogP) is 2.35. The van der Waals surface area contributed by atoms with Gasteiger partial charge in [0, 0.05) is 48.9 Å². The first kappa shape index (κ1) is 21.9. The Balaban J connectivity index is 0.000000208. The molecule has 2 aromatic carbocycles. The Morgan fingerprint density at radius 3 is 1.59 bits per heavy atom. The van der Waals surface area contributed by atoms with Crippen LogP contribution in [0.5, 0.6) is 0 Å². The molecule has 27 heavy (non-hydrogen) atoms. The van der Waals surface area contributed by atoms with Gasteiger partial charge < -0.3 is 10.2 Å². The van der Waals surface area contributed by atoms with Crippen LogP contribution in [0.15, 0.2) is 62.8 Å². The van der Waals surface area contributed by atoms with Crippen molar-refractivity contribution in [2.75, 3.05) is 43.6 Å². The fraction of sp³-hybridized carbons (Fsp3) is 0.333. The van der Waals surface area contributed by atoms with Crippen molar-refractivity contribution in [3.05, 3.63) is 53.0 Å². The molecule has 0 bridgehead atoms. The van der Waals surface area contributed by atoms with Crippen LogP contribution in [0.3, 0.4) is 0 Å². The van der Waals surface area contributed by atoms with Crippen LogP contribution in [-0.4, -0.2) is 55.5 Å². The van der Waals surface area contributed by atoms with Crippen LogP contribution < -0.4 is 10.2 Å². The van der Waals surface area contributed by atoms with Crippen LogP contribution in [-0.2, 0) is 19.7 Å². The van der Waals surface area contributed by atoms with Gasteiger partial charge in [-0.05, 0) is 48.5 Å². The molecule has 148 valence electrons. The highest BCUT2D eigenvalue weighted by Gasteiger charge is 2.12. The van der Waals surface area contributed by atoms with Gasteiger partial charge in [-0.15, -0.1) is 0 Å². The zero-order valence-electron chi connectivity index (χ0n) is 15.2. The van der Waals surface area contributed by atoms with Crippen LogP contribution in [0.1, 0.15) is 0 Å². The Morgan fingerprint density at radius 2 is 1.19 bits per heavy atom. The van der Waals surface area contributed by atoms with E-state index in [2.05, 4.69) is 26.1 Å². The molecule has 0 aromatic heterocycles. The third-order valence-electron chi connectivity index (χ3n) is 3.99. The minimum Gasteiger partial charge on any atom is -0.369 e. The Labute approximate surface area is 169 Å². The van der Waals surface area contributed by atoms with Gasteiger partial charge in [0.25, 0.3) is 0 Å². The molecule has 3 rings (SSSR count). The average molecular weight is 475 g/mol. The molecule has 1 aliphatic heterocycles. The van der Waals surface area contributed by atoms with Crippen molar-refractivity contribution in [2.24, 2.45) is 0 Å². The van der Waals surface area contributed by atoms with Crippen LogP contribution in [0, 0.1) is 0 Å². The average Bonchev–Trinajstić information content (AvgIpc) is 2.62. The summed E-state index contributed by atoms with van der Waals surface area (Å²) in [5.74, 6) is 0. The van der Waals surface area contributed by atoms with Gasteiger partial charge in [-0.1, -0.05) is 15.9 Å². The SMILES string of the molecule is CS(=O)(=O)c1ccc(Br)cc1.CS(=O)(=O)c1ccc(N2CCNCC2)cc1. The lowest BCUT2D eigenvalue weighted by Crippen LogP contribution is -2.43. The molecule has 1 saturated heterocycles. The highest BCUT2D eigenvalue weighted by Crippen LogP contribution is 2.18. The minimum atomic E-state index is -3.08. The predicted molar refractivity (Wildman–Crippen MR) is 112 cm³/mol. The van der Waals surface area contributed by atoms with Crippen LogP contribution in [0.4, 0.5) is 5.69 Å². The topological polar surface area (TPSA) is 83.5 Å².